The third-order valence-electron chi connectivity index (χ3n) is 2.88. The molecule has 1 aromatic heterocycles. The number of alkyl halides is 1. The van der Waals surface area contributed by atoms with Gasteiger partial charge in [-0.1, -0.05) is 0 Å². The summed E-state index contributed by atoms with van der Waals surface area (Å²) in [5.41, 5.74) is -1.83. The molecule has 124 valence electrons. The van der Waals surface area contributed by atoms with E-state index in [2.05, 4.69) is 4.52 Å². The van der Waals surface area contributed by atoms with Crippen molar-refractivity contribution in [2.24, 2.45) is 0 Å². The number of phosphoric acid groups is 1. The summed E-state index contributed by atoms with van der Waals surface area (Å²) in [7, 11) is -5.00. The van der Waals surface area contributed by atoms with E-state index in [-0.39, 0.29) is 5.56 Å². The predicted molar refractivity (Wildman–Crippen MR) is 68.6 cm³/mol. The molecular formula is C10H14FN2O8P. The lowest BCUT2D eigenvalue weighted by Crippen LogP contribution is -2.36. The number of H-pyrrole nitrogens is 1. The van der Waals surface area contributed by atoms with E-state index in [9.17, 15) is 23.7 Å². The number of aryl methyl sites for hydroxylation is 1. The van der Waals surface area contributed by atoms with Crippen LogP contribution in [0.15, 0.2) is 15.8 Å². The Bertz CT molecular complexity index is 777. The van der Waals surface area contributed by atoms with Crippen LogP contribution in [0.1, 0.15) is 19.6 Å². The Labute approximate surface area is 123 Å². The molecule has 0 aromatic carbocycles. The van der Waals surface area contributed by atoms with Gasteiger partial charge in [0.15, 0.2) is 6.20 Å². The van der Waals surface area contributed by atoms with E-state index in [0.29, 0.717) is 4.57 Å². The van der Waals surface area contributed by atoms with Gasteiger partial charge >= 0.3 is 13.5 Å². The molecule has 0 saturated carbocycles. The Morgan fingerprint density at radius 2 is 2.32 bits per heavy atom. The van der Waals surface area contributed by atoms with Crippen molar-refractivity contribution in [2.45, 2.75) is 31.5 Å². The van der Waals surface area contributed by atoms with Gasteiger partial charge in [0.1, 0.15) is 12.7 Å². The lowest BCUT2D eigenvalue weighted by atomic mass is 10.2. The van der Waals surface area contributed by atoms with Crippen molar-refractivity contribution in [2.75, 3.05) is 6.61 Å². The van der Waals surface area contributed by atoms with Crippen LogP contribution in [0, 0.1) is 6.92 Å². The van der Waals surface area contributed by atoms with Gasteiger partial charge in [-0.05, 0) is 6.92 Å². The van der Waals surface area contributed by atoms with Crippen LogP contribution in [0.25, 0.3) is 0 Å². The SMILES string of the molecule is [2H][C@@]1(n2cc(C)c(=O)[nH]c2=O)O[C@](F)(COP(=O)(O)O)C[C@H]1O. The molecule has 22 heavy (non-hydrogen) atoms. The first-order valence-corrected chi connectivity index (χ1v) is 7.50. The van der Waals surface area contributed by atoms with E-state index < -0.39 is 50.3 Å². The van der Waals surface area contributed by atoms with Crippen molar-refractivity contribution in [3.63, 3.8) is 0 Å². The van der Waals surface area contributed by atoms with Gasteiger partial charge in [0, 0.05) is 18.2 Å². The molecule has 2 rings (SSSR count). The molecule has 0 spiro atoms. The number of aliphatic hydroxyl groups excluding tert-OH is 1. The standard InChI is InChI=1S/C10H14FN2O8P/c1-5-3-13(9(16)12-7(5)15)8-6(14)2-10(11,21-8)4-20-22(17,18)19/h3,6,8,14H,2,4H2,1H3,(H,12,15,16)(H2,17,18,19)/t6-,8-,10+/m1/s1/i8D. The Balaban J connectivity index is 2.36. The van der Waals surface area contributed by atoms with Crippen molar-refractivity contribution in [1.29, 1.82) is 0 Å². The largest absolute Gasteiger partial charge is 0.469 e. The van der Waals surface area contributed by atoms with Crippen LogP contribution >= 0.6 is 7.82 Å². The summed E-state index contributed by atoms with van der Waals surface area (Å²) in [6, 6.07) is 0. The summed E-state index contributed by atoms with van der Waals surface area (Å²) in [6.45, 7) is 0.0606. The molecule has 0 radical (unpaired) electrons. The van der Waals surface area contributed by atoms with Gasteiger partial charge in [0.2, 0.25) is 5.85 Å². The van der Waals surface area contributed by atoms with Crippen molar-refractivity contribution < 1.29 is 34.5 Å². The zero-order valence-corrected chi connectivity index (χ0v) is 12.1. The Hall–Kier alpha value is -1.36. The summed E-state index contributed by atoms with van der Waals surface area (Å²) in [5, 5.41) is 9.90. The first-order valence-electron chi connectivity index (χ1n) is 6.47. The Kier molecular flexibility index (Phi) is 4.02. The minimum absolute atomic E-state index is 0.00912. The average Bonchev–Trinajstić information content (AvgIpc) is 2.63. The van der Waals surface area contributed by atoms with Crippen LogP contribution in [0.3, 0.4) is 0 Å². The Morgan fingerprint density at radius 3 is 2.91 bits per heavy atom. The number of aromatic nitrogens is 2. The van der Waals surface area contributed by atoms with Gasteiger partial charge in [0.05, 0.1) is 1.37 Å². The quantitative estimate of drug-likeness (QED) is 0.504. The van der Waals surface area contributed by atoms with E-state index in [0.717, 1.165) is 6.20 Å². The van der Waals surface area contributed by atoms with E-state index in [1.54, 1.807) is 0 Å². The molecule has 12 heteroatoms. The van der Waals surface area contributed by atoms with E-state index in [1.165, 1.54) is 6.92 Å². The number of hydrogen-bond acceptors (Lipinski definition) is 6. The molecule has 0 bridgehead atoms. The van der Waals surface area contributed by atoms with Crippen molar-refractivity contribution in [1.82, 2.24) is 9.55 Å². The maximum atomic E-state index is 14.4. The summed E-state index contributed by atoms with van der Waals surface area (Å²) in [6.07, 6.45) is -4.47. The highest BCUT2D eigenvalue weighted by atomic mass is 31.2. The number of ether oxygens (including phenoxy) is 1. The monoisotopic (exact) mass is 341 g/mol. The molecule has 10 nitrogen and oxygen atoms in total. The van der Waals surface area contributed by atoms with Crippen LogP contribution in [-0.2, 0) is 13.8 Å². The third kappa shape index (κ3) is 3.69. The third-order valence-corrected chi connectivity index (χ3v) is 3.34. The summed E-state index contributed by atoms with van der Waals surface area (Å²) >= 11 is 0. The van der Waals surface area contributed by atoms with E-state index >= 15 is 0 Å². The molecule has 0 amide bonds. The number of nitrogens with one attached hydrogen (secondary N) is 1. The molecule has 3 atom stereocenters. The number of aliphatic hydroxyl groups is 1. The first kappa shape index (κ1) is 15.5. The highest BCUT2D eigenvalue weighted by Crippen LogP contribution is 2.42. The van der Waals surface area contributed by atoms with Crippen molar-refractivity contribution in [3.8, 4) is 0 Å². The van der Waals surface area contributed by atoms with Crippen LogP contribution in [0.5, 0.6) is 0 Å². The fourth-order valence-corrected chi connectivity index (χ4v) is 2.24. The average molecular weight is 341 g/mol. The lowest BCUT2D eigenvalue weighted by molar-refractivity contribution is -0.178. The molecule has 1 aliphatic rings. The molecule has 2 heterocycles. The molecular weight excluding hydrogens is 326 g/mol. The predicted octanol–water partition coefficient (Wildman–Crippen LogP) is -1.10. The normalized spacial score (nSPS) is 33.0. The smallest absolute Gasteiger partial charge is 0.388 e. The lowest BCUT2D eigenvalue weighted by Gasteiger charge is -2.21. The van der Waals surface area contributed by atoms with Gasteiger partial charge in [-0.15, -0.1) is 0 Å². The summed E-state index contributed by atoms with van der Waals surface area (Å²) in [5.74, 6) is -2.91. The highest BCUT2D eigenvalue weighted by Gasteiger charge is 2.49. The topological polar surface area (TPSA) is 151 Å². The van der Waals surface area contributed by atoms with Crippen LogP contribution in [0.2, 0.25) is 0 Å². The molecule has 0 aliphatic carbocycles. The van der Waals surface area contributed by atoms with E-state index in [4.69, 9.17) is 15.9 Å². The molecule has 1 fully saturated rings. The Morgan fingerprint density at radius 1 is 1.68 bits per heavy atom. The second-order valence-corrected chi connectivity index (χ2v) is 5.99. The first-order chi connectivity index (χ1) is 10.4. The maximum absolute atomic E-state index is 14.4. The van der Waals surface area contributed by atoms with Crippen LogP contribution in [-0.4, -0.2) is 43.0 Å². The number of nitrogens with zero attached hydrogens (tertiary/aromatic N) is 1. The van der Waals surface area contributed by atoms with Gasteiger partial charge < -0.3 is 19.6 Å². The fraction of sp³-hybridized carbons (Fsp3) is 0.600. The highest BCUT2D eigenvalue weighted by molar-refractivity contribution is 7.46. The number of phosphoric ester groups is 1. The van der Waals surface area contributed by atoms with Crippen LogP contribution < -0.4 is 11.2 Å². The molecule has 4 N–H and O–H groups in total. The molecule has 0 unspecified atom stereocenters. The van der Waals surface area contributed by atoms with Crippen LogP contribution in [0.4, 0.5) is 4.39 Å². The zero-order chi connectivity index (χ0) is 17.6. The number of hydrogen-bond donors (Lipinski definition) is 4. The maximum Gasteiger partial charge on any atom is 0.469 e. The molecule has 1 aliphatic heterocycles. The minimum Gasteiger partial charge on any atom is -0.388 e. The van der Waals surface area contributed by atoms with E-state index in [1.807, 2.05) is 4.98 Å². The molecule has 1 saturated heterocycles. The summed E-state index contributed by atoms with van der Waals surface area (Å²) in [4.78, 5) is 42.1. The summed E-state index contributed by atoms with van der Waals surface area (Å²) < 4.78 is 42.3. The van der Waals surface area contributed by atoms with Gasteiger partial charge in [0.25, 0.3) is 5.56 Å². The second-order valence-electron chi connectivity index (χ2n) is 4.75. The van der Waals surface area contributed by atoms with Crippen molar-refractivity contribution >= 4 is 7.82 Å². The van der Waals surface area contributed by atoms with Gasteiger partial charge in [-0.3, -0.25) is 18.9 Å². The number of rotatable bonds is 4. The van der Waals surface area contributed by atoms with Crippen molar-refractivity contribution in [3.05, 3.63) is 32.6 Å². The number of halogens is 1. The minimum atomic E-state index is -5.00. The fourth-order valence-electron chi connectivity index (χ4n) is 1.88. The second kappa shape index (κ2) is 5.69. The molecule has 1 aromatic rings. The van der Waals surface area contributed by atoms with Gasteiger partial charge in [-0.25, -0.2) is 13.8 Å². The number of aromatic amines is 1. The zero-order valence-electron chi connectivity index (χ0n) is 12.2. The van der Waals surface area contributed by atoms with Gasteiger partial charge in [-0.2, -0.15) is 0 Å².